The Morgan fingerprint density at radius 1 is 1.22 bits per heavy atom. The molecule has 0 aromatic heterocycles. The number of carbonyl (C=O) groups excluding carboxylic acids is 2. The maximum atomic E-state index is 12.1. The summed E-state index contributed by atoms with van der Waals surface area (Å²) in [5.74, 6) is -0.315. The Labute approximate surface area is 146 Å². The van der Waals surface area contributed by atoms with Crippen LogP contribution in [-0.4, -0.2) is 36.3 Å². The average Bonchev–Trinajstić information content (AvgIpc) is 2.52. The van der Waals surface area contributed by atoms with E-state index in [0.29, 0.717) is 22.2 Å². The lowest BCUT2D eigenvalue weighted by atomic mass is 9.97. The zero-order valence-electron chi connectivity index (χ0n) is 12.9. The topological polar surface area (TPSA) is 46.6 Å². The summed E-state index contributed by atoms with van der Waals surface area (Å²) in [5.41, 5.74) is 0.458. The lowest BCUT2D eigenvalue weighted by Crippen LogP contribution is -2.34. The highest BCUT2D eigenvalue weighted by molar-refractivity contribution is 6.35. The lowest BCUT2D eigenvalue weighted by Gasteiger charge is -2.29. The van der Waals surface area contributed by atoms with E-state index in [4.69, 9.17) is 27.9 Å². The van der Waals surface area contributed by atoms with Crippen LogP contribution in [0.4, 0.5) is 0 Å². The lowest BCUT2D eigenvalue weighted by molar-refractivity contribution is -0.149. The molecule has 0 N–H and O–H groups in total. The van der Waals surface area contributed by atoms with Crippen molar-refractivity contribution >= 4 is 35.0 Å². The Bertz CT molecular complexity index is 588. The van der Waals surface area contributed by atoms with E-state index in [1.165, 1.54) is 6.08 Å². The first-order valence-corrected chi connectivity index (χ1v) is 8.34. The van der Waals surface area contributed by atoms with Crippen LogP contribution in [0.3, 0.4) is 0 Å². The van der Waals surface area contributed by atoms with Crippen molar-refractivity contribution in [3.05, 3.63) is 46.1 Å². The molecule has 0 radical (unpaired) electrons. The Kier molecular flexibility index (Phi) is 6.48. The number of allylic oxidation sites excluding steroid dienone is 1. The smallest absolute Gasteiger partial charge is 0.309 e. The van der Waals surface area contributed by atoms with Crippen LogP contribution < -0.4 is 0 Å². The molecule has 1 saturated heterocycles. The number of piperidine rings is 1. The standard InChI is InChI=1S/C17H19Cl2NO3/c1-2-23-17(22)12-3-6-20(7-4-12)8-5-16(21)13-9-14(18)11-15(19)10-13/h5,8-12H,2-4,6-7H2,1H3/b8-5+. The molecule has 0 aliphatic carbocycles. The number of carbonyl (C=O) groups is 2. The van der Waals surface area contributed by atoms with Gasteiger partial charge in [-0.2, -0.15) is 0 Å². The molecular formula is C17H19Cl2NO3. The third-order valence-corrected chi connectivity index (χ3v) is 4.17. The summed E-state index contributed by atoms with van der Waals surface area (Å²) < 4.78 is 5.04. The molecule has 0 atom stereocenters. The molecule has 124 valence electrons. The van der Waals surface area contributed by atoms with E-state index in [-0.39, 0.29) is 17.7 Å². The Morgan fingerprint density at radius 3 is 2.39 bits per heavy atom. The van der Waals surface area contributed by atoms with Crippen molar-refractivity contribution < 1.29 is 14.3 Å². The molecular weight excluding hydrogens is 337 g/mol. The number of ketones is 1. The van der Waals surface area contributed by atoms with Gasteiger partial charge in [-0.25, -0.2) is 0 Å². The van der Waals surface area contributed by atoms with Gasteiger partial charge in [0.1, 0.15) is 0 Å². The van der Waals surface area contributed by atoms with Crippen LogP contribution in [0.1, 0.15) is 30.1 Å². The third-order valence-electron chi connectivity index (χ3n) is 3.73. The zero-order chi connectivity index (χ0) is 16.8. The fraction of sp³-hybridized carbons (Fsp3) is 0.412. The largest absolute Gasteiger partial charge is 0.466 e. The molecule has 1 aromatic rings. The molecule has 2 rings (SSSR count). The molecule has 0 saturated carbocycles. The summed E-state index contributed by atoms with van der Waals surface area (Å²) in [6.45, 7) is 3.67. The predicted molar refractivity (Wildman–Crippen MR) is 90.9 cm³/mol. The van der Waals surface area contributed by atoms with E-state index in [1.807, 2.05) is 11.8 Å². The maximum absolute atomic E-state index is 12.1. The molecule has 1 aliphatic heterocycles. The highest BCUT2D eigenvalue weighted by Gasteiger charge is 2.24. The van der Waals surface area contributed by atoms with Gasteiger partial charge in [-0.3, -0.25) is 9.59 Å². The minimum atomic E-state index is -0.151. The fourth-order valence-corrected chi connectivity index (χ4v) is 3.04. The van der Waals surface area contributed by atoms with E-state index in [1.54, 1.807) is 24.4 Å². The van der Waals surface area contributed by atoms with E-state index < -0.39 is 0 Å². The van der Waals surface area contributed by atoms with Gasteiger partial charge in [0.05, 0.1) is 12.5 Å². The summed E-state index contributed by atoms with van der Waals surface area (Å²) in [6, 6.07) is 4.77. The van der Waals surface area contributed by atoms with Gasteiger partial charge >= 0.3 is 5.97 Å². The monoisotopic (exact) mass is 355 g/mol. The summed E-state index contributed by atoms with van der Waals surface area (Å²) in [5, 5.41) is 0.869. The van der Waals surface area contributed by atoms with Crippen LogP contribution in [0.25, 0.3) is 0 Å². The van der Waals surface area contributed by atoms with Crippen LogP contribution in [0.15, 0.2) is 30.5 Å². The number of likely N-dealkylation sites (tertiary alicyclic amines) is 1. The molecule has 1 aliphatic rings. The first kappa shape index (κ1) is 17.8. The first-order valence-electron chi connectivity index (χ1n) is 7.59. The fourth-order valence-electron chi connectivity index (χ4n) is 2.51. The number of hydrogen-bond donors (Lipinski definition) is 0. The normalized spacial score (nSPS) is 15.9. The van der Waals surface area contributed by atoms with Crippen LogP contribution >= 0.6 is 23.2 Å². The number of esters is 1. The molecule has 1 aromatic carbocycles. The van der Waals surface area contributed by atoms with Crippen LogP contribution in [0.5, 0.6) is 0 Å². The average molecular weight is 356 g/mol. The summed E-state index contributed by atoms with van der Waals surface area (Å²) in [6.07, 6.45) is 4.74. The predicted octanol–water partition coefficient (Wildman–Crippen LogP) is 3.96. The molecule has 0 unspecified atom stereocenters. The number of benzene rings is 1. The molecule has 23 heavy (non-hydrogen) atoms. The molecule has 1 heterocycles. The minimum Gasteiger partial charge on any atom is -0.466 e. The highest BCUT2D eigenvalue weighted by Crippen LogP contribution is 2.21. The van der Waals surface area contributed by atoms with E-state index in [0.717, 1.165) is 25.9 Å². The van der Waals surface area contributed by atoms with Crippen LogP contribution in [0, 0.1) is 5.92 Å². The van der Waals surface area contributed by atoms with Gasteiger partial charge < -0.3 is 9.64 Å². The maximum Gasteiger partial charge on any atom is 0.309 e. The first-order chi connectivity index (χ1) is 11.0. The van der Waals surface area contributed by atoms with Gasteiger partial charge in [0.25, 0.3) is 0 Å². The highest BCUT2D eigenvalue weighted by atomic mass is 35.5. The van der Waals surface area contributed by atoms with Crippen molar-refractivity contribution in [2.24, 2.45) is 5.92 Å². The van der Waals surface area contributed by atoms with Crippen molar-refractivity contribution in [1.29, 1.82) is 0 Å². The molecule has 6 heteroatoms. The number of nitrogens with zero attached hydrogens (tertiary/aromatic N) is 1. The number of hydrogen-bond acceptors (Lipinski definition) is 4. The second-order valence-corrected chi connectivity index (χ2v) is 6.27. The third kappa shape index (κ3) is 5.26. The minimum absolute atomic E-state index is 0.0398. The van der Waals surface area contributed by atoms with Gasteiger partial charge in [0.2, 0.25) is 0 Å². The van der Waals surface area contributed by atoms with E-state index in [9.17, 15) is 9.59 Å². The molecule has 1 fully saturated rings. The van der Waals surface area contributed by atoms with Crippen molar-refractivity contribution in [3.63, 3.8) is 0 Å². The quantitative estimate of drug-likeness (QED) is 0.455. The second-order valence-electron chi connectivity index (χ2n) is 5.40. The number of ether oxygens (including phenoxy) is 1. The van der Waals surface area contributed by atoms with Crippen molar-refractivity contribution in [1.82, 2.24) is 4.90 Å². The van der Waals surface area contributed by atoms with Crippen LogP contribution in [0.2, 0.25) is 10.0 Å². The summed E-state index contributed by atoms with van der Waals surface area (Å²) >= 11 is 11.8. The Balaban J connectivity index is 1.89. The molecule has 0 bridgehead atoms. The van der Waals surface area contributed by atoms with Gasteiger partial charge in [-0.15, -0.1) is 0 Å². The summed E-state index contributed by atoms with van der Waals surface area (Å²) in [7, 11) is 0. The molecule has 4 nitrogen and oxygen atoms in total. The SMILES string of the molecule is CCOC(=O)C1CCN(/C=C/C(=O)c2cc(Cl)cc(Cl)c2)CC1. The van der Waals surface area contributed by atoms with Crippen LogP contribution in [-0.2, 0) is 9.53 Å². The van der Waals surface area contributed by atoms with Gasteiger partial charge in [-0.05, 0) is 38.0 Å². The summed E-state index contributed by atoms with van der Waals surface area (Å²) in [4.78, 5) is 25.9. The number of rotatable bonds is 5. The van der Waals surface area contributed by atoms with Crippen molar-refractivity contribution in [2.75, 3.05) is 19.7 Å². The van der Waals surface area contributed by atoms with E-state index in [2.05, 4.69) is 0 Å². The van der Waals surface area contributed by atoms with Gasteiger partial charge in [0.15, 0.2) is 5.78 Å². The van der Waals surface area contributed by atoms with Gasteiger partial charge in [0, 0.05) is 41.0 Å². The van der Waals surface area contributed by atoms with Gasteiger partial charge in [-0.1, -0.05) is 23.2 Å². The Hall–Kier alpha value is -1.52. The van der Waals surface area contributed by atoms with Crippen molar-refractivity contribution in [2.45, 2.75) is 19.8 Å². The number of halogens is 2. The Morgan fingerprint density at radius 2 is 1.83 bits per heavy atom. The molecule has 0 spiro atoms. The second kappa shape index (κ2) is 8.37. The van der Waals surface area contributed by atoms with Crippen molar-refractivity contribution in [3.8, 4) is 0 Å². The molecule has 0 amide bonds. The zero-order valence-corrected chi connectivity index (χ0v) is 14.4. The van der Waals surface area contributed by atoms with E-state index >= 15 is 0 Å².